The molecule has 0 aromatic heterocycles. The normalized spacial score (nSPS) is 28.3. The molecule has 2 aromatic carbocycles. The Morgan fingerprint density at radius 3 is 2.55 bits per heavy atom. The Hall–Kier alpha value is -3.13. The van der Waals surface area contributed by atoms with Crippen LogP contribution in [-0.2, 0) is 0 Å². The average Bonchev–Trinajstić information content (AvgIpc) is 3.42. The van der Waals surface area contributed by atoms with Crippen molar-refractivity contribution in [3.63, 3.8) is 0 Å². The summed E-state index contributed by atoms with van der Waals surface area (Å²) in [7, 11) is 0. The van der Waals surface area contributed by atoms with E-state index in [9.17, 15) is 0 Å². The summed E-state index contributed by atoms with van der Waals surface area (Å²) in [6.45, 7) is 6.92. The van der Waals surface area contributed by atoms with Crippen LogP contribution in [0.1, 0.15) is 39.2 Å². The zero-order valence-electron chi connectivity index (χ0n) is 18.6. The molecule has 3 aliphatic carbocycles. The molecule has 1 fully saturated rings. The standard InChI is InChI=1S/C29H30N2/c1-19-13-14-27(30)25-17-24(20(2)16-26(25)29(3)18-21(29)15-19)23-11-7-8-12-28(23)31-22-9-5-4-6-10-22/h4-15,17,19-20,30-31H,16,18H2,1-3H3/b14-13-,21-15?,30-27?. The monoisotopic (exact) mass is 406 g/mol. The third-order valence-electron chi connectivity index (χ3n) is 7.07. The van der Waals surface area contributed by atoms with Crippen LogP contribution in [0.4, 0.5) is 11.4 Å². The van der Waals surface area contributed by atoms with E-state index in [1.165, 1.54) is 16.7 Å². The molecule has 0 spiro atoms. The maximum absolute atomic E-state index is 8.86. The van der Waals surface area contributed by atoms with E-state index in [2.05, 4.69) is 92.8 Å². The highest BCUT2D eigenvalue weighted by Crippen LogP contribution is 2.61. The largest absolute Gasteiger partial charge is 0.355 e. The second kappa shape index (κ2) is 7.53. The number of hydrogen-bond acceptors (Lipinski definition) is 2. The number of para-hydroxylation sites is 2. The van der Waals surface area contributed by atoms with Gasteiger partial charge in [-0.05, 0) is 71.7 Å². The summed E-state index contributed by atoms with van der Waals surface area (Å²) >= 11 is 0. The van der Waals surface area contributed by atoms with E-state index in [-0.39, 0.29) is 5.41 Å². The van der Waals surface area contributed by atoms with Crippen LogP contribution in [0.15, 0.2) is 95.6 Å². The second-order valence-electron chi connectivity index (χ2n) is 9.47. The summed E-state index contributed by atoms with van der Waals surface area (Å²) < 4.78 is 0. The molecule has 0 aliphatic heterocycles. The van der Waals surface area contributed by atoms with Gasteiger partial charge in [0.2, 0.25) is 0 Å². The molecule has 3 atom stereocenters. The fourth-order valence-corrected chi connectivity index (χ4v) is 5.13. The van der Waals surface area contributed by atoms with Crippen molar-refractivity contribution >= 4 is 22.7 Å². The third kappa shape index (κ3) is 3.61. The van der Waals surface area contributed by atoms with Crippen molar-refractivity contribution in [2.24, 2.45) is 17.3 Å². The number of nitrogens with one attached hydrogen (secondary N) is 2. The number of benzene rings is 2. The Morgan fingerprint density at radius 2 is 1.74 bits per heavy atom. The number of anilines is 2. The quantitative estimate of drug-likeness (QED) is 0.503. The Balaban J connectivity index is 1.60. The first-order valence-corrected chi connectivity index (χ1v) is 11.3. The first-order valence-electron chi connectivity index (χ1n) is 11.3. The molecule has 2 nitrogen and oxygen atoms in total. The molecule has 31 heavy (non-hydrogen) atoms. The van der Waals surface area contributed by atoms with Gasteiger partial charge in [0.25, 0.3) is 0 Å². The van der Waals surface area contributed by atoms with Gasteiger partial charge in [-0.15, -0.1) is 0 Å². The van der Waals surface area contributed by atoms with Gasteiger partial charge >= 0.3 is 0 Å². The minimum Gasteiger partial charge on any atom is -0.355 e. The Kier molecular flexibility index (Phi) is 4.81. The lowest BCUT2D eigenvalue weighted by atomic mass is 9.75. The van der Waals surface area contributed by atoms with Gasteiger partial charge in [-0.1, -0.05) is 74.9 Å². The van der Waals surface area contributed by atoms with Crippen LogP contribution >= 0.6 is 0 Å². The van der Waals surface area contributed by atoms with E-state index in [4.69, 9.17) is 5.41 Å². The predicted octanol–water partition coefficient (Wildman–Crippen LogP) is 7.71. The van der Waals surface area contributed by atoms with E-state index in [0.29, 0.717) is 17.5 Å². The smallest absolute Gasteiger partial charge is 0.0609 e. The van der Waals surface area contributed by atoms with Crippen molar-refractivity contribution in [1.29, 1.82) is 5.41 Å². The van der Waals surface area contributed by atoms with Gasteiger partial charge in [0.05, 0.1) is 5.71 Å². The molecule has 0 amide bonds. The maximum atomic E-state index is 8.86. The molecule has 2 heteroatoms. The molecule has 5 rings (SSSR count). The molecule has 3 unspecified atom stereocenters. The number of rotatable bonds is 3. The number of allylic oxidation sites excluding steroid dienone is 8. The summed E-state index contributed by atoms with van der Waals surface area (Å²) in [5.41, 5.74) is 9.65. The van der Waals surface area contributed by atoms with Crippen molar-refractivity contribution < 1.29 is 0 Å². The van der Waals surface area contributed by atoms with E-state index < -0.39 is 0 Å². The van der Waals surface area contributed by atoms with Gasteiger partial charge in [-0.3, -0.25) is 0 Å². The van der Waals surface area contributed by atoms with Crippen LogP contribution in [-0.4, -0.2) is 5.71 Å². The van der Waals surface area contributed by atoms with Crippen LogP contribution < -0.4 is 5.32 Å². The molecular weight excluding hydrogens is 376 g/mol. The van der Waals surface area contributed by atoms with Gasteiger partial charge in [-0.25, -0.2) is 0 Å². The molecule has 156 valence electrons. The SMILES string of the molecule is CC1C=C2CC2(C)C2=C(C=C(c3ccccc3Nc3ccccc3)C(C)C2)C(=N)/C=C\1. The van der Waals surface area contributed by atoms with Gasteiger partial charge in [0.1, 0.15) is 0 Å². The molecule has 1 saturated carbocycles. The second-order valence-corrected chi connectivity index (χ2v) is 9.47. The van der Waals surface area contributed by atoms with Crippen LogP contribution in [0.3, 0.4) is 0 Å². The summed E-state index contributed by atoms with van der Waals surface area (Å²) in [6.07, 6.45) is 11.0. The highest BCUT2D eigenvalue weighted by Gasteiger charge is 2.49. The van der Waals surface area contributed by atoms with Crippen molar-refractivity contribution in [3.8, 4) is 0 Å². The van der Waals surface area contributed by atoms with E-state index in [1.54, 1.807) is 5.57 Å². The molecule has 0 radical (unpaired) electrons. The lowest BCUT2D eigenvalue weighted by Gasteiger charge is -2.30. The summed E-state index contributed by atoms with van der Waals surface area (Å²) in [5, 5.41) is 12.5. The lowest BCUT2D eigenvalue weighted by molar-refractivity contribution is 0.605. The molecule has 0 heterocycles. The van der Waals surface area contributed by atoms with Crippen LogP contribution in [0, 0.1) is 22.7 Å². The van der Waals surface area contributed by atoms with Crippen molar-refractivity contribution in [2.45, 2.75) is 33.6 Å². The van der Waals surface area contributed by atoms with E-state index in [1.807, 2.05) is 12.1 Å². The predicted molar refractivity (Wildman–Crippen MR) is 132 cm³/mol. The van der Waals surface area contributed by atoms with Crippen LogP contribution in [0.5, 0.6) is 0 Å². The molecular formula is C29H30N2. The van der Waals surface area contributed by atoms with Gasteiger partial charge in [0.15, 0.2) is 0 Å². The van der Waals surface area contributed by atoms with E-state index >= 15 is 0 Å². The third-order valence-corrected chi connectivity index (χ3v) is 7.07. The molecule has 2 aromatic rings. The van der Waals surface area contributed by atoms with Crippen LogP contribution in [0.25, 0.3) is 5.57 Å². The molecule has 2 N–H and O–H groups in total. The minimum atomic E-state index is 0.139. The number of fused-ring (bicyclic) bond motifs is 2. The summed E-state index contributed by atoms with van der Waals surface area (Å²) in [6, 6.07) is 18.9. The number of hydrogen-bond donors (Lipinski definition) is 2. The summed E-state index contributed by atoms with van der Waals surface area (Å²) in [4.78, 5) is 0. The highest BCUT2D eigenvalue weighted by atomic mass is 14.9. The van der Waals surface area contributed by atoms with Crippen molar-refractivity contribution in [3.05, 3.63) is 101 Å². The molecule has 0 bridgehead atoms. The Labute approximate surface area is 185 Å². The maximum Gasteiger partial charge on any atom is 0.0609 e. The van der Waals surface area contributed by atoms with Gasteiger partial charge in [0, 0.05) is 22.4 Å². The minimum absolute atomic E-state index is 0.139. The Bertz CT molecular complexity index is 1160. The molecule has 0 saturated heterocycles. The average molecular weight is 407 g/mol. The first-order chi connectivity index (χ1) is 15.0. The summed E-state index contributed by atoms with van der Waals surface area (Å²) in [5.74, 6) is 0.793. The van der Waals surface area contributed by atoms with Gasteiger partial charge < -0.3 is 10.7 Å². The first kappa shape index (κ1) is 19.8. The zero-order chi connectivity index (χ0) is 21.6. The van der Waals surface area contributed by atoms with Gasteiger partial charge in [-0.2, -0.15) is 0 Å². The Morgan fingerprint density at radius 1 is 1.00 bits per heavy atom. The highest BCUT2D eigenvalue weighted by molar-refractivity contribution is 6.11. The molecule has 3 aliphatic rings. The topological polar surface area (TPSA) is 35.9 Å². The van der Waals surface area contributed by atoms with Crippen molar-refractivity contribution in [1.82, 2.24) is 0 Å². The van der Waals surface area contributed by atoms with E-state index in [0.717, 1.165) is 29.8 Å². The van der Waals surface area contributed by atoms with Crippen LogP contribution in [0.2, 0.25) is 0 Å². The lowest BCUT2D eigenvalue weighted by Crippen LogP contribution is -2.17. The fourth-order valence-electron chi connectivity index (χ4n) is 5.13. The fraction of sp³-hybridized carbons (Fsp3) is 0.276. The van der Waals surface area contributed by atoms with Crippen molar-refractivity contribution in [2.75, 3.05) is 5.32 Å². The zero-order valence-corrected chi connectivity index (χ0v) is 18.6.